The van der Waals surface area contributed by atoms with Gasteiger partial charge in [-0.25, -0.2) is 0 Å². The Labute approximate surface area is 88.8 Å². The number of benzene rings is 1. The molecule has 0 fully saturated rings. The number of nitrogens with two attached hydrogens (primary N) is 1. The highest BCUT2D eigenvalue weighted by Crippen LogP contribution is 2.12. The van der Waals surface area contributed by atoms with Gasteiger partial charge in [0.05, 0.1) is 4.99 Å². The van der Waals surface area contributed by atoms with Crippen LogP contribution < -0.4 is 10.5 Å². The van der Waals surface area contributed by atoms with E-state index in [0.717, 1.165) is 11.3 Å². The summed E-state index contributed by atoms with van der Waals surface area (Å²) in [7, 11) is 1.58. The predicted octanol–water partition coefficient (Wildman–Crippen LogP) is 1.50. The third-order valence-corrected chi connectivity index (χ3v) is 1.79. The van der Waals surface area contributed by atoms with Gasteiger partial charge in [-0.1, -0.05) is 24.4 Å². The molecule has 0 bridgehead atoms. The number of methoxy groups -OCH3 is 1. The maximum atomic E-state index is 5.42. The Morgan fingerprint density at radius 1 is 1.36 bits per heavy atom. The van der Waals surface area contributed by atoms with Gasteiger partial charge in [-0.3, -0.25) is 0 Å². The summed E-state index contributed by atoms with van der Waals surface area (Å²) in [5.41, 5.74) is 6.51. The van der Waals surface area contributed by atoms with Gasteiger partial charge in [0.15, 0.2) is 6.79 Å². The van der Waals surface area contributed by atoms with Crippen LogP contribution in [0.2, 0.25) is 0 Å². The van der Waals surface area contributed by atoms with Crippen LogP contribution >= 0.6 is 12.2 Å². The van der Waals surface area contributed by atoms with E-state index in [-0.39, 0.29) is 6.79 Å². The summed E-state index contributed by atoms with van der Waals surface area (Å²) in [5, 5.41) is 0. The summed E-state index contributed by atoms with van der Waals surface area (Å²) in [6.45, 7) is 0.259. The maximum Gasteiger partial charge on any atom is 0.188 e. The first-order chi connectivity index (χ1) is 6.72. The Balaban J connectivity index is 2.54. The van der Waals surface area contributed by atoms with E-state index in [4.69, 9.17) is 27.4 Å². The van der Waals surface area contributed by atoms with Gasteiger partial charge < -0.3 is 15.2 Å². The molecule has 0 radical (unpaired) electrons. The minimum Gasteiger partial charge on any atom is -0.468 e. The molecule has 0 spiro atoms. The lowest BCUT2D eigenvalue weighted by molar-refractivity contribution is 0.0511. The Morgan fingerprint density at radius 3 is 2.50 bits per heavy atom. The molecule has 0 unspecified atom stereocenters. The molecule has 0 saturated heterocycles. The molecule has 1 aromatic rings. The van der Waals surface area contributed by atoms with E-state index in [9.17, 15) is 0 Å². The first kappa shape index (κ1) is 10.9. The number of ether oxygens (including phenoxy) is 2. The number of hydrogen-bond acceptors (Lipinski definition) is 3. The topological polar surface area (TPSA) is 44.5 Å². The third-order valence-electron chi connectivity index (χ3n) is 1.65. The summed E-state index contributed by atoms with van der Waals surface area (Å²) in [6.07, 6.45) is 0.625. The van der Waals surface area contributed by atoms with Gasteiger partial charge in [-0.2, -0.15) is 0 Å². The second kappa shape index (κ2) is 5.57. The molecule has 0 atom stereocenters. The van der Waals surface area contributed by atoms with Crippen LogP contribution in [0.5, 0.6) is 5.75 Å². The smallest absolute Gasteiger partial charge is 0.188 e. The molecule has 0 amide bonds. The molecule has 0 aliphatic carbocycles. The normalized spacial score (nSPS) is 9.79. The van der Waals surface area contributed by atoms with E-state index in [1.54, 1.807) is 7.11 Å². The van der Waals surface area contributed by atoms with Gasteiger partial charge in [-0.15, -0.1) is 0 Å². The van der Waals surface area contributed by atoms with Crippen LogP contribution in [-0.2, 0) is 11.2 Å². The van der Waals surface area contributed by atoms with Crippen molar-refractivity contribution in [1.29, 1.82) is 0 Å². The van der Waals surface area contributed by atoms with E-state index < -0.39 is 0 Å². The summed E-state index contributed by atoms with van der Waals surface area (Å²) >= 11 is 4.81. The van der Waals surface area contributed by atoms with Gasteiger partial charge in [0.1, 0.15) is 5.75 Å². The van der Waals surface area contributed by atoms with Crippen molar-refractivity contribution in [3.63, 3.8) is 0 Å². The molecule has 0 saturated carbocycles. The lowest BCUT2D eigenvalue weighted by atomic mass is 10.1. The van der Waals surface area contributed by atoms with Crippen LogP contribution in [0.3, 0.4) is 0 Å². The quantitative estimate of drug-likeness (QED) is 0.592. The minimum atomic E-state index is 0.259. The maximum absolute atomic E-state index is 5.42. The molecule has 1 aromatic carbocycles. The summed E-state index contributed by atoms with van der Waals surface area (Å²) in [4.78, 5) is 0.496. The Morgan fingerprint density at radius 2 is 2.00 bits per heavy atom. The Bertz CT molecular complexity index is 297. The highest BCUT2D eigenvalue weighted by molar-refractivity contribution is 7.80. The van der Waals surface area contributed by atoms with Crippen molar-refractivity contribution in [2.24, 2.45) is 5.73 Å². The Hall–Kier alpha value is -1.13. The molecular weight excluding hydrogens is 198 g/mol. The highest BCUT2D eigenvalue weighted by atomic mass is 32.1. The lowest BCUT2D eigenvalue weighted by Crippen LogP contribution is -2.10. The third kappa shape index (κ3) is 3.72. The van der Waals surface area contributed by atoms with Crippen molar-refractivity contribution in [3.05, 3.63) is 29.8 Å². The van der Waals surface area contributed by atoms with Crippen molar-refractivity contribution in [1.82, 2.24) is 0 Å². The minimum absolute atomic E-state index is 0.259. The van der Waals surface area contributed by atoms with Gasteiger partial charge in [0.25, 0.3) is 0 Å². The van der Waals surface area contributed by atoms with Crippen LogP contribution in [0.4, 0.5) is 0 Å². The van der Waals surface area contributed by atoms with Crippen LogP contribution in [0, 0.1) is 0 Å². The fourth-order valence-electron chi connectivity index (χ4n) is 1.03. The van der Waals surface area contributed by atoms with E-state index in [0.29, 0.717) is 11.4 Å². The first-order valence-corrected chi connectivity index (χ1v) is 4.62. The fraction of sp³-hybridized carbons (Fsp3) is 0.300. The standard InChI is InChI=1S/C10H13NO2S/c1-12-7-13-9-4-2-8(3-5-9)6-10(11)14/h2-5H,6-7H2,1H3,(H2,11,14). The average molecular weight is 211 g/mol. The molecule has 1 rings (SSSR count). The molecule has 0 aliphatic heterocycles. The van der Waals surface area contributed by atoms with Crippen molar-refractivity contribution < 1.29 is 9.47 Å². The molecule has 0 heterocycles. The van der Waals surface area contributed by atoms with Crippen molar-refractivity contribution in [2.45, 2.75) is 6.42 Å². The molecule has 3 nitrogen and oxygen atoms in total. The van der Waals surface area contributed by atoms with Crippen LogP contribution in [0.1, 0.15) is 5.56 Å². The first-order valence-electron chi connectivity index (χ1n) is 4.21. The van der Waals surface area contributed by atoms with E-state index >= 15 is 0 Å². The van der Waals surface area contributed by atoms with E-state index in [1.165, 1.54) is 0 Å². The Kier molecular flexibility index (Phi) is 4.35. The van der Waals surface area contributed by atoms with Crippen LogP contribution in [0.15, 0.2) is 24.3 Å². The second-order valence-corrected chi connectivity index (χ2v) is 3.36. The van der Waals surface area contributed by atoms with Gasteiger partial charge >= 0.3 is 0 Å². The second-order valence-electron chi connectivity index (χ2n) is 2.84. The monoisotopic (exact) mass is 211 g/mol. The van der Waals surface area contributed by atoms with E-state index in [2.05, 4.69) is 0 Å². The van der Waals surface area contributed by atoms with E-state index in [1.807, 2.05) is 24.3 Å². The van der Waals surface area contributed by atoms with Crippen LogP contribution in [-0.4, -0.2) is 18.9 Å². The zero-order chi connectivity index (χ0) is 10.4. The zero-order valence-electron chi connectivity index (χ0n) is 8.03. The van der Waals surface area contributed by atoms with Crippen molar-refractivity contribution in [2.75, 3.05) is 13.9 Å². The highest BCUT2D eigenvalue weighted by Gasteiger charge is 1.96. The molecule has 76 valence electrons. The molecule has 4 heteroatoms. The molecule has 14 heavy (non-hydrogen) atoms. The zero-order valence-corrected chi connectivity index (χ0v) is 8.84. The fourth-order valence-corrected chi connectivity index (χ4v) is 1.20. The van der Waals surface area contributed by atoms with Gasteiger partial charge in [0, 0.05) is 13.5 Å². The lowest BCUT2D eigenvalue weighted by Gasteiger charge is -2.05. The predicted molar refractivity (Wildman–Crippen MR) is 59.4 cm³/mol. The summed E-state index contributed by atoms with van der Waals surface area (Å²) < 4.78 is 10.0. The molecule has 0 aliphatic rings. The van der Waals surface area contributed by atoms with Crippen molar-refractivity contribution in [3.8, 4) is 5.75 Å². The van der Waals surface area contributed by atoms with Gasteiger partial charge in [-0.05, 0) is 17.7 Å². The molecular formula is C10H13NO2S. The molecule has 0 aromatic heterocycles. The van der Waals surface area contributed by atoms with Gasteiger partial charge in [0.2, 0.25) is 0 Å². The largest absolute Gasteiger partial charge is 0.468 e. The SMILES string of the molecule is COCOc1ccc(CC(N)=S)cc1. The number of thiocarbonyl (C=S) groups is 1. The summed E-state index contributed by atoms with van der Waals surface area (Å²) in [6, 6.07) is 7.60. The number of hydrogen-bond donors (Lipinski definition) is 1. The van der Waals surface area contributed by atoms with Crippen molar-refractivity contribution >= 4 is 17.2 Å². The average Bonchev–Trinajstić information content (AvgIpc) is 2.16. The number of rotatable bonds is 5. The summed E-state index contributed by atoms with van der Waals surface area (Å²) in [5.74, 6) is 0.776. The molecule has 2 N–H and O–H groups in total. The van der Waals surface area contributed by atoms with Crippen LogP contribution in [0.25, 0.3) is 0 Å².